The molecule has 0 bridgehead atoms. The van der Waals surface area contributed by atoms with Crippen LogP contribution in [0, 0.1) is 0 Å². The molecule has 3 aromatic rings. The summed E-state index contributed by atoms with van der Waals surface area (Å²) in [7, 11) is 0. The molecule has 7 nitrogen and oxygen atoms in total. The fraction of sp³-hybridized carbons (Fsp3) is 0.318. The Morgan fingerprint density at radius 1 is 1.28 bits per heavy atom. The van der Waals surface area contributed by atoms with Crippen molar-refractivity contribution in [3.05, 3.63) is 63.5 Å². The average Bonchev–Trinajstić information content (AvgIpc) is 3.45. The van der Waals surface area contributed by atoms with Gasteiger partial charge in [0.15, 0.2) is 5.13 Å². The first-order valence-electron chi connectivity index (χ1n) is 10.1. The van der Waals surface area contributed by atoms with Crippen LogP contribution in [0.4, 0.5) is 10.8 Å². The molecule has 2 N–H and O–H groups in total. The van der Waals surface area contributed by atoms with E-state index < -0.39 is 0 Å². The minimum Gasteiger partial charge on any atom is -0.467 e. The molecule has 0 aliphatic rings. The largest absolute Gasteiger partial charge is 0.467 e. The lowest BCUT2D eigenvalue weighted by molar-refractivity contribution is -0.121. The monoisotopic (exact) mass is 494 g/mol. The van der Waals surface area contributed by atoms with E-state index in [1.165, 1.54) is 11.3 Å². The van der Waals surface area contributed by atoms with Crippen LogP contribution in [0.3, 0.4) is 0 Å². The summed E-state index contributed by atoms with van der Waals surface area (Å²) in [6.07, 6.45) is 2.57. The normalized spacial score (nSPS) is 11.8. The molecule has 0 fully saturated rings. The second-order valence-electron chi connectivity index (χ2n) is 7.22. The van der Waals surface area contributed by atoms with Crippen molar-refractivity contribution in [3.8, 4) is 0 Å². The summed E-state index contributed by atoms with van der Waals surface area (Å²) in [6.45, 7) is 4.42. The SMILES string of the molecule is CCC(C)NC(=O)CCN(Cc1ccco1)C(=O)c1csc(Nc2cc(Cl)ccc2Cl)n1. The number of hydrogen-bond acceptors (Lipinski definition) is 6. The molecule has 0 aliphatic heterocycles. The van der Waals surface area contributed by atoms with E-state index in [2.05, 4.69) is 15.6 Å². The molecule has 1 aromatic carbocycles. The van der Waals surface area contributed by atoms with E-state index in [0.717, 1.165) is 6.42 Å². The Morgan fingerprint density at radius 3 is 2.81 bits per heavy atom. The van der Waals surface area contributed by atoms with Gasteiger partial charge < -0.3 is 20.0 Å². The van der Waals surface area contributed by atoms with Crippen molar-refractivity contribution in [2.45, 2.75) is 39.3 Å². The predicted molar refractivity (Wildman–Crippen MR) is 128 cm³/mol. The van der Waals surface area contributed by atoms with E-state index in [1.807, 2.05) is 13.8 Å². The predicted octanol–water partition coefficient (Wildman–Crippen LogP) is 5.73. The van der Waals surface area contributed by atoms with Crippen molar-refractivity contribution < 1.29 is 14.0 Å². The van der Waals surface area contributed by atoms with E-state index in [1.54, 1.807) is 46.9 Å². The lowest BCUT2D eigenvalue weighted by atomic mass is 10.2. The molecular weight excluding hydrogens is 471 g/mol. The van der Waals surface area contributed by atoms with Crippen molar-refractivity contribution >= 4 is 57.2 Å². The highest BCUT2D eigenvalue weighted by molar-refractivity contribution is 7.14. The molecule has 1 atom stereocenters. The number of nitrogens with one attached hydrogen (secondary N) is 2. The van der Waals surface area contributed by atoms with Gasteiger partial charge in [0, 0.05) is 29.4 Å². The van der Waals surface area contributed by atoms with E-state index >= 15 is 0 Å². The molecule has 10 heteroatoms. The average molecular weight is 495 g/mol. The number of aromatic nitrogens is 1. The number of hydrogen-bond donors (Lipinski definition) is 2. The number of halogens is 2. The van der Waals surface area contributed by atoms with Crippen molar-refractivity contribution in [3.63, 3.8) is 0 Å². The van der Waals surface area contributed by atoms with Gasteiger partial charge in [0.05, 0.1) is 23.5 Å². The maximum absolute atomic E-state index is 13.2. The van der Waals surface area contributed by atoms with Crippen molar-refractivity contribution in [1.29, 1.82) is 0 Å². The van der Waals surface area contributed by atoms with E-state index in [0.29, 0.717) is 26.6 Å². The molecule has 0 aliphatic carbocycles. The topological polar surface area (TPSA) is 87.5 Å². The van der Waals surface area contributed by atoms with Gasteiger partial charge in [0.1, 0.15) is 11.5 Å². The Morgan fingerprint density at radius 2 is 2.09 bits per heavy atom. The first kappa shape index (κ1) is 24.1. The van der Waals surface area contributed by atoms with Crippen LogP contribution < -0.4 is 10.6 Å². The van der Waals surface area contributed by atoms with Crippen molar-refractivity contribution in [2.24, 2.45) is 0 Å². The standard InChI is InChI=1S/C22H24Cl2N4O3S/c1-3-14(2)25-20(29)8-9-28(12-16-5-4-10-31-16)21(30)19-13-32-22(27-19)26-18-11-15(23)6-7-17(18)24/h4-7,10-11,13-14H,3,8-9,12H2,1-2H3,(H,25,29)(H,26,27). The number of furan rings is 1. The fourth-order valence-corrected chi connectivity index (χ4v) is 3.86. The molecule has 0 spiro atoms. The Balaban J connectivity index is 1.71. The van der Waals surface area contributed by atoms with Crippen LogP contribution in [0.5, 0.6) is 0 Å². The van der Waals surface area contributed by atoms with E-state index in [-0.39, 0.29) is 43.1 Å². The number of carbonyl (C=O) groups excluding carboxylic acids is 2. The van der Waals surface area contributed by atoms with E-state index in [9.17, 15) is 9.59 Å². The van der Waals surface area contributed by atoms with Gasteiger partial charge in [-0.05, 0) is 43.7 Å². The van der Waals surface area contributed by atoms with Gasteiger partial charge in [-0.3, -0.25) is 9.59 Å². The first-order valence-corrected chi connectivity index (χ1v) is 11.8. The van der Waals surface area contributed by atoms with Crippen LogP contribution in [0.1, 0.15) is 42.9 Å². The lowest BCUT2D eigenvalue weighted by Gasteiger charge is -2.21. The van der Waals surface area contributed by atoms with Gasteiger partial charge in [-0.15, -0.1) is 11.3 Å². The second-order valence-corrected chi connectivity index (χ2v) is 8.92. The fourth-order valence-electron chi connectivity index (χ4n) is 2.83. The van der Waals surface area contributed by atoms with Gasteiger partial charge in [0.25, 0.3) is 5.91 Å². The highest BCUT2D eigenvalue weighted by Gasteiger charge is 2.21. The molecule has 2 heterocycles. The molecular formula is C22H24Cl2N4O3S. The highest BCUT2D eigenvalue weighted by Crippen LogP contribution is 2.30. The number of carbonyl (C=O) groups is 2. The zero-order valence-corrected chi connectivity index (χ0v) is 20.1. The third-order valence-corrected chi connectivity index (χ3v) is 6.06. The van der Waals surface area contributed by atoms with Crippen LogP contribution in [0.25, 0.3) is 0 Å². The summed E-state index contributed by atoms with van der Waals surface area (Å²) in [6, 6.07) is 8.69. The molecule has 3 rings (SSSR count). The van der Waals surface area contributed by atoms with Crippen LogP contribution in [0.2, 0.25) is 10.0 Å². The minimum absolute atomic E-state index is 0.0854. The summed E-state index contributed by atoms with van der Waals surface area (Å²) in [5, 5.41) is 9.20. The van der Waals surface area contributed by atoms with Crippen LogP contribution in [0.15, 0.2) is 46.4 Å². The molecule has 0 radical (unpaired) electrons. The lowest BCUT2D eigenvalue weighted by Crippen LogP contribution is -2.37. The molecule has 170 valence electrons. The molecule has 2 aromatic heterocycles. The summed E-state index contributed by atoms with van der Waals surface area (Å²) in [5.74, 6) is 0.229. The smallest absolute Gasteiger partial charge is 0.273 e. The number of nitrogens with zero attached hydrogens (tertiary/aromatic N) is 2. The maximum Gasteiger partial charge on any atom is 0.273 e. The molecule has 0 saturated heterocycles. The van der Waals surface area contributed by atoms with Gasteiger partial charge in [-0.2, -0.15) is 0 Å². The zero-order valence-electron chi connectivity index (χ0n) is 17.7. The number of anilines is 2. The molecule has 1 unspecified atom stereocenters. The summed E-state index contributed by atoms with van der Waals surface area (Å²) < 4.78 is 5.40. The van der Waals surface area contributed by atoms with Crippen LogP contribution in [-0.2, 0) is 11.3 Å². The quantitative estimate of drug-likeness (QED) is 0.375. The Labute approximate surface area is 200 Å². The van der Waals surface area contributed by atoms with Gasteiger partial charge >= 0.3 is 0 Å². The summed E-state index contributed by atoms with van der Waals surface area (Å²) in [5.41, 5.74) is 0.867. The number of benzene rings is 1. The minimum atomic E-state index is -0.292. The molecule has 0 saturated carbocycles. The Bertz CT molecular complexity index is 1060. The Kier molecular flexibility index (Phi) is 8.55. The van der Waals surface area contributed by atoms with Crippen molar-refractivity contribution in [2.75, 3.05) is 11.9 Å². The van der Waals surface area contributed by atoms with Gasteiger partial charge in [0.2, 0.25) is 5.91 Å². The van der Waals surface area contributed by atoms with Gasteiger partial charge in [-0.25, -0.2) is 4.98 Å². The van der Waals surface area contributed by atoms with Crippen LogP contribution in [-0.4, -0.2) is 34.3 Å². The summed E-state index contributed by atoms with van der Waals surface area (Å²) in [4.78, 5) is 31.4. The number of thiazole rings is 1. The first-order chi connectivity index (χ1) is 15.4. The molecule has 32 heavy (non-hydrogen) atoms. The molecule has 2 amide bonds. The van der Waals surface area contributed by atoms with Crippen LogP contribution >= 0.6 is 34.5 Å². The number of rotatable bonds is 10. The van der Waals surface area contributed by atoms with Gasteiger partial charge in [-0.1, -0.05) is 30.1 Å². The van der Waals surface area contributed by atoms with E-state index in [4.69, 9.17) is 27.6 Å². The number of amides is 2. The second kappa shape index (κ2) is 11.4. The zero-order chi connectivity index (χ0) is 23.1. The Hall–Kier alpha value is -2.55. The maximum atomic E-state index is 13.2. The summed E-state index contributed by atoms with van der Waals surface area (Å²) >= 11 is 13.5. The highest BCUT2D eigenvalue weighted by atomic mass is 35.5. The third-order valence-electron chi connectivity index (χ3n) is 4.74. The third kappa shape index (κ3) is 6.72. The van der Waals surface area contributed by atoms with Crippen molar-refractivity contribution in [1.82, 2.24) is 15.2 Å².